The number of hydrogen-bond acceptors (Lipinski definition) is 6. The van der Waals surface area contributed by atoms with Crippen molar-refractivity contribution in [2.45, 2.75) is 57.8 Å². The van der Waals surface area contributed by atoms with E-state index in [4.69, 9.17) is 0 Å². The molecule has 2 aliphatic heterocycles. The lowest BCUT2D eigenvalue weighted by atomic mass is 9.76. The van der Waals surface area contributed by atoms with E-state index in [2.05, 4.69) is 30.6 Å². The molecule has 3 fully saturated rings. The predicted octanol–water partition coefficient (Wildman–Crippen LogP) is 2.27. The maximum absolute atomic E-state index is 12.7. The Hall–Kier alpha value is -2.97. The highest BCUT2D eigenvalue weighted by atomic mass is 16.3. The number of carbonyl (C=O) groups is 3. The van der Waals surface area contributed by atoms with Crippen molar-refractivity contribution in [3.05, 3.63) is 59.9 Å². The topological polar surface area (TPSA) is 136 Å². The molecule has 37 heavy (non-hydrogen) atoms. The van der Waals surface area contributed by atoms with E-state index in [9.17, 15) is 29.7 Å². The molecule has 2 bridgehead atoms. The molecule has 2 amide bonds. The Balaban J connectivity index is 1.62. The lowest BCUT2D eigenvalue weighted by Gasteiger charge is -2.30. The number of nitrogens with one attached hydrogen (secondary N) is 2. The average molecular weight is 511 g/mol. The van der Waals surface area contributed by atoms with Gasteiger partial charge in [0.15, 0.2) is 5.78 Å². The SMILES string of the molecule is CC[C@H]1C[C@@H]2C[C@H]3/C=C\C=C/C(=O)NCC[C@H](O)[C@@H]4NC(=O)/C(=C(O)/C=C\C=C/[C@H](O)[C@H]3[C@@H]2[C@H]1C)C4=O. The van der Waals surface area contributed by atoms with Gasteiger partial charge in [0.1, 0.15) is 17.4 Å². The van der Waals surface area contributed by atoms with Gasteiger partial charge in [0, 0.05) is 12.6 Å². The van der Waals surface area contributed by atoms with Crippen LogP contribution in [-0.4, -0.2) is 57.7 Å². The fourth-order valence-electron chi connectivity index (χ4n) is 6.96. The van der Waals surface area contributed by atoms with Crippen molar-refractivity contribution in [2.24, 2.45) is 35.5 Å². The van der Waals surface area contributed by atoms with Gasteiger partial charge in [-0.25, -0.2) is 0 Å². The van der Waals surface area contributed by atoms with Crippen molar-refractivity contribution < 1.29 is 29.7 Å². The van der Waals surface area contributed by atoms with Crippen LogP contribution >= 0.6 is 0 Å². The summed E-state index contributed by atoms with van der Waals surface area (Å²) in [6.45, 7) is 4.63. The lowest BCUT2D eigenvalue weighted by molar-refractivity contribution is -0.118. The molecule has 2 aliphatic carbocycles. The number of ketones is 1. The third-order valence-corrected chi connectivity index (χ3v) is 8.75. The Morgan fingerprint density at radius 1 is 0.973 bits per heavy atom. The molecule has 4 rings (SSSR count). The fourth-order valence-corrected chi connectivity index (χ4v) is 6.96. The highest BCUT2D eigenvalue weighted by Gasteiger charge is 2.52. The van der Waals surface area contributed by atoms with E-state index in [1.54, 1.807) is 18.2 Å². The number of carbonyl (C=O) groups excluding carboxylic acids is 3. The zero-order valence-electron chi connectivity index (χ0n) is 21.4. The number of aliphatic hydroxyl groups is 3. The van der Waals surface area contributed by atoms with E-state index in [0.717, 1.165) is 12.8 Å². The maximum Gasteiger partial charge on any atom is 0.259 e. The summed E-state index contributed by atoms with van der Waals surface area (Å²) in [6.07, 6.45) is 14.5. The van der Waals surface area contributed by atoms with Crippen LogP contribution in [0.1, 0.15) is 39.5 Å². The average Bonchev–Trinajstić information content (AvgIpc) is 3.48. The molecule has 1 saturated heterocycles. The van der Waals surface area contributed by atoms with E-state index in [1.165, 1.54) is 24.6 Å². The van der Waals surface area contributed by atoms with E-state index >= 15 is 0 Å². The summed E-state index contributed by atoms with van der Waals surface area (Å²) < 4.78 is 0. The van der Waals surface area contributed by atoms with E-state index in [0.29, 0.717) is 23.7 Å². The summed E-state index contributed by atoms with van der Waals surface area (Å²) in [7, 11) is 0. The van der Waals surface area contributed by atoms with Crippen LogP contribution in [0.2, 0.25) is 0 Å². The Morgan fingerprint density at radius 3 is 2.46 bits per heavy atom. The number of amides is 2. The van der Waals surface area contributed by atoms with Gasteiger partial charge < -0.3 is 26.0 Å². The quantitative estimate of drug-likeness (QED) is 0.344. The van der Waals surface area contributed by atoms with Crippen molar-refractivity contribution in [1.82, 2.24) is 10.6 Å². The first-order chi connectivity index (χ1) is 17.7. The zero-order valence-corrected chi connectivity index (χ0v) is 21.4. The van der Waals surface area contributed by atoms with Crippen molar-refractivity contribution >= 4 is 17.6 Å². The minimum atomic E-state index is -1.22. The standard InChI is InChI=1S/C29H38N2O6/c1-3-17-14-19-15-18-8-4-7-11-23(35)30-13-12-22(34)27-28(36)26(29(37)31-27)21(33)10-6-5-9-20(32)25(18)24(19)16(17)2/h4-11,16-20,22,24-25,27,32-34H,3,12-15H2,1-2H3,(H,30,35)(H,31,37)/b8-4-,9-5-,10-6-,11-7-,26-21-/t16-,17-,18+,19+,20-,22-,24+,25-,27-/m0/s1. The normalized spacial score (nSPS) is 44.3. The zero-order chi connectivity index (χ0) is 26.7. The molecule has 4 aliphatic rings. The molecule has 2 saturated carbocycles. The second-order valence-corrected chi connectivity index (χ2v) is 10.8. The van der Waals surface area contributed by atoms with E-state index in [-0.39, 0.29) is 30.7 Å². The molecule has 0 aromatic rings. The minimum absolute atomic E-state index is 0.0293. The smallest absolute Gasteiger partial charge is 0.259 e. The third kappa shape index (κ3) is 5.65. The van der Waals surface area contributed by atoms with Gasteiger partial charge >= 0.3 is 0 Å². The first-order valence-electron chi connectivity index (χ1n) is 13.3. The molecule has 0 unspecified atom stereocenters. The van der Waals surface area contributed by atoms with Gasteiger partial charge in [0.2, 0.25) is 5.91 Å². The van der Waals surface area contributed by atoms with Crippen LogP contribution in [0.25, 0.3) is 0 Å². The molecule has 9 atom stereocenters. The van der Waals surface area contributed by atoms with Gasteiger partial charge in [-0.3, -0.25) is 14.4 Å². The Morgan fingerprint density at radius 2 is 1.70 bits per heavy atom. The molecule has 0 radical (unpaired) electrons. The first kappa shape index (κ1) is 27.1. The summed E-state index contributed by atoms with van der Waals surface area (Å²) in [5, 5.41) is 37.1. The van der Waals surface area contributed by atoms with Crippen molar-refractivity contribution in [3.8, 4) is 0 Å². The number of Topliss-reactive ketones (excluding diaryl/α,β-unsaturated/α-hetero) is 1. The summed E-state index contributed by atoms with van der Waals surface area (Å²) >= 11 is 0. The summed E-state index contributed by atoms with van der Waals surface area (Å²) in [4.78, 5) is 37.2. The molecular formula is C29H38N2O6. The molecule has 8 nitrogen and oxygen atoms in total. The second-order valence-electron chi connectivity index (χ2n) is 10.8. The minimum Gasteiger partial charge on any atom is -0.507 e. The number of fused-ring (bicyclic) bond motifs is 5. The van der Waals surface area contributed by atoms with Gasteiger partial charge in [-0.05, 0) is 60.8 Å². The van der Waals surface area contributed by atoms with Crippen LogP contribution in [0, 0.1) is 35.5 Å². The molecule has 0 aromatic carbocycles. The summed E-state index contributed by atoms with van der Waals surface area (Å²) in [5.41, 5.74) is -0.412. The number of aliphatic hydroxyl groups excluding tert-OH is 3. The maximum atomic E-state index is 12.7. The van der Waals surface area contributed by atoms with Gasteiger partial charge in [-0.15, -0.1) is 0 Å². The van der Waals surface area contributed by atoms with Crippen LogP contribution < -0.4 is 10.6 Å². The third-order valence-electron chi connectivity index (χ3n) is 8.75. The molecule has 0 aromatic heterocycles. The van der Waals surface area contributed by atoms with Crippen LogP contribution in [0.4, 0.5) is 0 Å². The number of allylic oxidation sites excluding steroid dienone is 6. The van der Waals surface area contributed by atoms with E-state index in [1.807, 2.05) is 6.08 Å². The van der Waals surface area contributed by atoms with Crippen molar-refractivity contribution in [2.75, 3.05) is 6.54 Å². The summed E-state index contributed by atoms with van der Waals surface area (Å²) in [6, 6.07) is -1.19. The molecule has 5 N–H and O–H groups in total. The monoisotopic (exact) mass is 510 g/mol. The Kier molecular flexibility index (Phi) is 8.49. The predicted molar refractivity (Wildman–Crippen MR) is 139 cm³/mol. The number of rotatable bonds is 1. The molecule has 0 spiro atoms. The molecule has 8 heteroatoms. The molecular weight excluding hydrogens is 472 g/mol. The Bertz CT molecular complexity index is 1060. The van der Waals surface area contributed by atoms with Gasteiger partial charge in [0.25, 0.3) is 5.91 Å². The lowest BCUT2D eigenvalue weighted by Crippen LogP contribution is -2.42. The highest BCUT2D eigenvalue weighted by Crippen LogP contribution is 2.57. The van der Waals surface area contributed by atoms with Crippen LogP contribution in [-0.2, 0) is 14.4 Å². The van der Waals surface area contributed by atoms with Crippen LogP contribution in [0.5, 0.6) is 0 Å². The van der Waals surface area contributed by atoms with Crippen LogP contribution in [0.3, 0.4) is 0 Å². The highest BCUT2D eigenvalue weighted by molar-refractivity contribution is 6.27. The second kappa shape index (κ2) is 11.6. The number of hydrogen-bond donors (Lipinski definition) is 5. The van der Waals surface area contributed by atoms with Crippen LogP contribution in [0.15, 0.2) is 59.9 Å². The van der Waals surface area contributed by atoms with Gasteiger partial charge in [-0.2, -0.15) is 0 Å². The van der Waals surface area contributed by atoms with Gasteiger partial charge in [0.05, 0.1) is 12.2 Å². The van der Waals surface area contributed by atoms with E-state index < -0.39 is 41.3 Å². The molecule has 2 heterocycles. The van der Waals surface area contributed by atoms with Crippen molar-refractivity contribution in [3.63, 3.8) is 0 Å². The summed E-state index contributed by atoms with van der Waals surface area (Å²) in [5.74, 6) is 0.00864. The first-order valence-corrected chi connectivity index (χ1v) is 13.3. The fraction of sp³-hybridized carbons (Fsp3) is 0.552. The van der Waals surface area contributed by atoms with Gasteiger partial charge in [-0.1, -0.05) is 56.7 Å². The van der Waals surface area contributed by atoms with Crippen molar-refractivity contribution in [1.29, 1.82) is 0 Å². The Labute approximate surface area is 217 Å². The molecule has 200 valence electrons. The largest absolute Gasteiger partial charge is 0.507 e.